The number of hydrogen-bond donors (Lipinski definition) is 1. The van der Waals surface area contributed by atoms with E-state index in [0.29, 0.717) is 0 Å². The van der Waals surface area contributed by atoms with Gasteiger partial charge in [0.2, 0.25) is 5.91 Å². The molecule has 21 heavy (non-hydrogen) atoms. The molecule has 2 heterocycles. The van der Waals surface area contributed by atoms with Crippen LogP contribution >= 0.6 is 11.8 Å². The number of nitrogens with one attached hydrogen (secondary N) is 1. The van der Waals surface area contributed by atoms with Crippen LogP contribution in [0.4, 0.5) is 5.69 Å². The monoisotopic (exact) mass is 303 g/mol. The van der Waals surface area contributed by atoms with E-state index in [1.165, 1.54) is 11.8 Å². The van der Waals surface area contributed by atoms with Crippen molar-refractivity contribution in [2.45, 2.75) is 24.5 Å². The molecule has 5 nitrogen and oxygen atoms in total. The van der Waals surface area contributed by atoms with Crippen molar-refractivity contribution in [2.24, 2.45) is 4.99 Å². The van der Waals surface area contributed by atoms with E-state index in [0.717, 1.165) is 36.8 Å². The third kappa shape index (κ3) is 3.44. The summed E-state index contributed by atoms with van der Waals surface area (Å²) in [4.78, 5) is 30.2. The number of rotatable bonds is 3. The van der Waals surface area contributed by atoms with Crippen LogP contribution in [0.2, 0.25) is 0 Å². The highest BCUT2D eigenvalue weighted by Crippen LogP contribution is 2.29. The summed E-state index contributed by atoms with van der Waals surface area (Å²) in [7, 11) is 0. The fourth-order valence-corrected chi connectivity index (χ4v) is 3.57. The quantitative estimate of drug-likeness (QED) is 0.929. The molecule has 0 saturated carbocycles. The molecule has 0 aromatic heterocycles. The molecule has 1 atom stereocenters. The maximum Gasteiger partial charge on any atom is 0.262 e. The molecule has 2 aliphatic rings. The number of aliphatic imine (C=N–C) groups is 1. The summed E-state index contributed by atoms with van der Waals surface area (Å²) in [5.41, 5.74) is 0.749. The summed E-state index contributed by atoms with van der Waals surface area (Å²) in [6.07, 6.45) is 2.46. The first-order valence-corrected chi connectivity index (χ1v) is 7.99. The number of anilines is 1. The average Bonchev–Trinajstić information content (AvgIpc) is 3.10. The van der Waals surface area contributed by atoms with Crippen LogP contribution < -0.4 is 5.32 Å². The minimum Gasteiger partial charge on any atom is -0.351 e. The molecular formula is C15H17N3O2S. The standard InChI is InChI=1S/C15H17N3O2S/c19-13(16-11-6-2-1-3-7-11)10-12-14(20)17-15(21-12)18-8-4-5-9-18/h1-3,6-7,12H,4-5,8-10H2,(H,16,19)/t12-/m0/s1. The molecule has 0 unspecified atom stereocenters. The Balaban J connectivity index is 1.54. The summed E-state index contributed by atoms with van der Waals surface area (Å²) in [5.74, 6) is -0.338. The minimum atomic E-state index is -0.385. The van der Waals surface area contributed by atoms with E-state index in [1.807, 2.05) is 30.3 Å². The molecule has 1 saturated heterocycles. The van der Waals surface area contributed by atoms with Crippen molar-refractivity contribution in [3.8, 4) is 0 Å². The summed E-state index contributed by atoms with van der Waals surface area (Å²) in [5, 5.41) is 3.21. The highest BCUT2D eigenvalue weighted by atomic mass is 32.2. The zero-order valence-electron chi connectivity index (χ0n) is 11.6. The Labute approximate surface area is 127 Å². The van der Waals surface area contributed by atoms with Gasteiger partial charge in [-0.1, -0.05) is 30.0 Å². The van der Waals surface area contributed by atoms with Gasteiger partial charge in [0, 0.05) is 25.2 Å². The van der Waals surface area contributed by atoms with Crippen LogP contribution in [0.3, 0.4) is 0 Å². The lowest BCUT2D eigenvalue weighted by Gasteiger charge is -2.16. The third-order valence-corrected chi connectivity index (χ3v) is 4.75. The Bertz CT molecular complexity index is 568. The van der Waals surface area contributed by atoms with Gasteiger partial charge in [0.25, 0.3) is 5.91 Å². The molecule has 0 radical (unpaired) electrons. The predicted octanol–water partition coefficient (Wildman–Crippen LogP) is 2.11. The van der Waals surface area contributed by atoms with E-state index < -0.39 is 0 Å². The van der Waals surface area contributed by atoms with E-state index in [4.69, 9.17) is 0 Å². The van der Waals surface area contributed by atoms with Crippen LogP contribution in [-0.2, 0) is 9.59 Å². The maximum atomic E-state index is 12.0. The maximum absolute atomic E-state index is 12.0. The van der Waals surface area contributed by atoms with Gasteiger partial charge in [-0.25, -0.2) is 0 Å². The van der Waals surface area contributed by atoms with Gasteiger partial charge in [0.1, 0.15) is 5.25 Å². The molecule has 1 aromatic rings. The second-order valence-electron chi connectivity index (χ2n) is 5.15. The van der Waals surface area contributed by atoms with Crippen molar-refractivity contribution < 1.29 is 9.59 Å². The Hall–Kier alpha value is -1.82. The SMILES string of the molecule is O=C(C[C@@H]1SC(N2CCCC2)=NC1=O)Nc1ccccc1. The number of carbonyl (C=O) groups is 2. The zero-order chi connectivity index (χ0) is 14.7. The molecule has 2 aliphatic heterocycles. The van der Waals surface area contributed by atoms with Gasteiger partial charge >= 0.3 is 0 Å². The zero-order valence-corrected chi connectivity index (χ0v) is 12.4. The molecular weight excluding hydrogens is 286 g/mol. The van der Waals surface area contributed by atoms with Crippen molar-refractivity contribution >= 4 is 34.4 Å². The lowest BCUT2D eigenvalue weighted by atomic mass is 10.2. The van der Waals surface area contributed by atoms with Crippen LogP contribution in [0.1, 0.15) is 19.3 Å². The number of amides is 2. The normalized spacial score (nSPS) is 21.5. The first kappa shape index (κ1) is 14.1. The second-order valence-corrected chi connectivity index (χ2v) is 6.32. The molecule has 1 N–H and O–H groups in total. The lowest BCUT2D eigenvalue weighted by molar-refractivity contribution is -0.121. The molecule has 2 amide bonds. The van der Waals surface area contributed by atoms with Crippen molar-refractivity contribution in [1.82, 2.24) is 4.90 Å². The summed E-state index contributed by atoms with van der Waals surface area (Å²) < 4.78 is 0. The first-order valence-electron chi connectivity index (χ1n) is 7.11. The number of amidine groups is 1. The molecule has 1 aromatic carbocycles. The first-order chi connectivity index (χ1) is 10.2. The van der Waals surface area contributed by atoms with Crippen LogP contribution in [-0.4, -0.2) is 40.2 Å². The van der Waals surface area contributed by atoms with Crippen LogP contribution in [0.25, 0.3) is 0 Å². The van der Waals surface area contributed by atoms with Gasteiger partial charge in [-0.05, 0) is 25.0 Å². The van der Waals surface area contributed by atoms with Crippen molar-refractivity contribution in [2.75, 3.05) is 18.4 Å². The average molecular weight is 303 g/mol. The number of thioether (sulfide) groups is 1. The Morgan fingerprint density at radius 3 is 2.71 bits per heavy atom. The Kier molecular flexibility index (Phi) is 4.24. The molecule has 110 valence electrons. The smallest absolute Gasteiger partial charge is 0.262 e. The largest absolute Gasteiger partial charge is 0.351 e. The van der Waals surface area contributed by atoms with Crippen LogP contribution in [0.5, 0.6) is 0 Å². The van der Waals surface area contributed by atoms with Crippen LogP contribution in [0, 0.1) is 0 Å². The summed E-state index contributed by atoms with van der Waals surface area (Å²) >= 11 is 1.42. The molecule has 6 heteroatoms. The van der Waals surface area contributed by atoms with Crippen molar-refractivity contribution in [3.63, 3.8) is 0 Å². The number of carbonyl (C=O) groups excluding carboxylic acids is 2. The molecule has 3 rings (SSSR count). The minimum absolute atomic E-state index is 0.148. The van der Waals surface area contributed by atoms with Gasteiger partial charge in [0.15, 0.2) is 5.17 Å². The highest BCUT2D eigenvalue weighted by molar-refractivity contribution is 8.15. The summed E-state index contributed by atoms with van der Waals surface area (Å²) in [6, 6.07) is 9.27. The lowest BCUT2D eigenvalue weighted by Crippen LogP contribution is -2.25. The van der Waals surface area contributed by atoms with Gasteiger partial charge in [0.05, 0.1) is 0 Å². The predicted molar refractivity (Wildman–Crippen MR) is 84.3 cm³/mol. The highest BCUT2D eigenvalue weighted by Gasteiger charge is 2.33. The number of hydrogen-bond acceptors (Lipinski definition) is 4. The van der Waals surface area contributed by atoms with Crippen molar-refractivity contribution in [1.29, 1.82) is 0 Å². The van der Waals surface area contributed by atoms with Gasteiger partial charge < -0.3 is 10.2 Å². The van der Waals surface area contributed by atoms with E-state index in [2.05, 4.69) is 15.2 Å². The van der Waals surface area contributed by atoms with E-state index in [-0.39, 0.29) is 23.5 Å². The molecule has 0 spiro atoms. The van der Waals surface area contributed by atoms with E-state index in [1.54, 1.807) is 0 Å². The number of para-hydroxylation sites is 1. The molecule has 0 bridgehead atoms. The summed E-state index contributed by atoms with van der Waals surface area (Å²) in [6.45, 7) is 1.92. The van der Waals surface area contributed by atoms with E-state index in [9.17, 15) is 9.59 Å². The van der Waals surface area contributed by atoms with E-state index >= 15 is 0 Å². The Morgan fingerprint density at radius 2 is 2.00 bits per heavy atom. The second kappa shape index (κ2) is 6.30. The fourth-order valence-electron chi connectivity index (χ4n) is 2.45. The third-order valence-electron chi connectivity index (χ3n) is 3.53. The molecule has 1 fully saturated rings. The van der Waals surface area contributed by atoms with Crippen molar-refractivity contribution in [3.05, 3.63) is 30.3 Å². The number of likely N-dealkylation sites (tertiary alicyclic amines) is 1. The number of nitrogens with zero attached hydrogens (tertiary/aromatic N) is 2. The van der Waals surface area contributed by atoms with Gasteiger partial charge in [-0.2, -0.15) is 4.99 Å². The van der Waals surface area contributed by atoms with Gasteiger partial charge in [-0.15, -0.1) is 0 Å². The van der Waals surface area contributed by atoms with Gasteiger partial charge in [-0.3, -0.25) is 9.59 Å². The topological polar surface area (TPSA) is 61.8 Å². The number of benzene rings is 1. The van der Waals surface area contributed by atoms with Crippen LogP contribution in [0.15, 0.2) is 35.3 Å². The molecule has 0 aliphatic carbocycles. The Morgan fingerprint density at radius 1 is 1.29 bits per heavy atom. The fraction of sp³-hybridized carbons (Fsp3) is 0.400.